The van der Waals surface area contributed by atoms with Crippen molar-refractivity contribution in [2.45, 2.75) is 18.4 Å². The lowest BCUT2D eigenvalue weighted by molar-refractivity contribution is -0.113. The molecule has 0 saturated heterocycles. The van der Waals surface area contributed by atoms with Gasteiger partial charge in [-0.3, -0.25) is 4.79 Å². The van der Waals surface area contributed by atoms with Gasteiger partial charge in [-0.2, -0.15) is 0 Å². The summed E-state index contributed by atoms with van der Waals surface area (Å²) in [4.78, 5) is 11.9. The van der Waals surface area contributed by atoms with E-state index in [-0.39, 0.29) is 11.7 Å². The molecule has 0 heterocycles. The van der Waals surface area contributed by atoms with Crippen molar-refractivity contribution in [3.8, 4) is 0 Å². The minimum atomic E-state index is -3.55. The van der Waals surface area contributed by atoms with Crippen LogP contribution >= 0.6 is 11.8 Å². The number of carbonyl (C=O) groups excluding carboxylic acids is 1. The van der Waals surface area contributed by atoms with E-state index in [0.29, 0.717) is 17.0 Å². The van der Waals surface area contributed by atoms with Gasteiger partial charge in [-0.1, -0.05) is 42.0 Å². The van der Waals surface area contributed by atoms with Gasteiger partial charge >= 0.3 is 0 Å². The van der Waals surface area contributed by atoms with Gasteiger partial charge in [0.2, 0.25) is 15.9 Å². The minimum Gasteiger partial charge on any atom is -0.325 e. The number of carbonyl (C=O) groups is 1. The van der Waals surface area contributed by atoms with E-state index in [4.69, 9.17) is 5.14 Å². The number of anilines is 1. The van der Waals surface area contributed by atoms with Gasteiger partial charge in [-0.05, 0) is 30.2 Å². The van der Waals surface area contributed by atoms with E-state index < -0.39 is 10.0 Å². The molecule has 0 aliphatic rings. The predicted octanol–water partition coefficient (Wildman–Crippen LogP) is 2.66. The van der Waals surface area contributed by atoms with Crippen molar-refractivity contribution in [1.82, 2.24) is 0 Å². The zero-order valence-electron chi connectivity index (χ0n) is 13.4. The number of rotatable bonds is 7. The molecule has 0 fully saturated rings. The molecule has 0 aliphatic carbocycles. The van der Waals surface area contributed by atoms with Crippen molar-refractivity contribution in [2.24, 2.45) is 5.14 Å². The Kier molecular flexibility index (Phi) is 6.42. The van der Waals surface area contributed by atoms with Crippen LogP contribution in [0.1, 0.15) is 16.7 Å². The van der Waals surface area contributed by atoms with Crippen molar-refractivity contribution in [3.63, 3.8) is 0 Å². The molecule has 0 aliphatic heterocycles. The van der Waals surface area contributed by atoms with Crippen LogP contribution in [0.5, 0.6) is 0 Å². The fraction of sp³-hybridized carbons (Fsp3) is 0.235. The topological polar surface area (TPSA) is 89.3 Å². The van der Waals surface area contributed by atoms with Gasteiger partial charge in [0.25, 0.3) is 0 Å². The Labute approximate surface area is 146 Å². The van der Waals surface area contributed by atoms with E-state index in [0.717, 1.165) is 5.75 Å². The minimum absolute atomic E-state index is 0.0909. The van der Waals surface area contributed by atoms with Crippen LogP contribution in [0, 0.1) is 6.92 Å². The van der Waals surface area contributed by atoms with Crippen LogP contribution in [0.2, 0.25) is 0 Å². The van der Waals surface area contributed by atoms with Crippen molar-refractivity contribution in [1.29, 1.82) is 0 Å². The number of primary sulfonamides is 1. The first-order valence-corrected chi connectivity index (χ1v) is 10.2. The smallest absolute Gasteiger partial charge is 0.234 e. The largest absolute Gasteiger partial charge is 0.325 e. The van der Waals surface area contributed by atoms with Gasteiger partial charge in [0.1, 0.15) is 0 Å². The summed E-state index contributed by atoms with van der Waals surface area (Å²) in [6, 6.07) is 14.8. The first-order valence-electron chi connectivity index (χ1n) is 7.34. The van der Waals surface area contributed by atoms with Gasteiger partial charge in [-0.25, -0.2) is 13.6 Å². The average molecular weight is 364 g/mol. The molecule has 0 atom stereocenters. The molecule has 0 spiro atoms. The molecule has 128 valence electrons. The summed E-state index contributed by atoms with van der Waals surface area (Å²) in [5.74, 6) is 0.829. The number of amides is 1. The maximum Gasteiger partial charge on any atom is 0.234 e. The zero-order valence-corrected chi connectivity index (χ0v) is 15.0. The summed E-state index contributed by atoms with van der Waals surface area (Å²) in [5.41, 5.74) is 3.62. The number of aryl methyl sites for hydroxylation is 1. The van der Waals surface area contributed by atoms with Crippen molar-refractivity contribution in [3.05, 3.63) is 65.2 Å². The fourth-order valence-corrected chi connectivity index (χ4v) is 3.61. The molecule has 24 heavy (non-hydrogen) atoms. The molecule has 2 rings (SSSR count). The summed E-state index contributed by atoms with van der Waals surface area (Å²) >= 11 is 1.55. The molecule has 0 saturated carbocycles. The molecule has 1 amide bonds. The molecule has 3 N–H and O–H groups in total. The lowest BCUT2D eigenvalue weighted by atomic mass is 10.2. The van der Waals surface area contributed by atoms with E-state index in [1.807, 2.05) is 25.1 Å². The maximum atomic E-state index is 11.9. The van der Waals surface area contributed by atoms with Crippen LogP contribution in [0.4, 0.5) is 5.69 Å². The number of hydrogen-bond donors (Lipinski definition) is 2. The lowest BCUT2D eigenvalue weighted by Crippen LogP contribution is -2.15. The molecule has 2 aromatic carbocycles. The highest BCUT2D eigenvalue weighted by molar-refractivity contribution is 7.99. The third-order valence-corrected chi connectivity index (χ3v) is 4.93. The van der Waals surface area contributed by atoms with Gasteiger partial charge < -0.3 is 5.32 Å². The number of sulfonamides is 1. The molecule has 2 aromatic rings. The van der Waals surface area contributed by atoms with Crippen molar-refractivity contribution < 1.29 is 13.2 Å². The summed E-state index contributed by atoms with van der Waals surface area (Å²) < 4.78 is 22.0. The Bertz CT molecular complexity index is 803. The van der Waals surface area contributed by atoms with Crippen molar-refractivity contribution in [2.75, 3.05) is 11.1 Å². The van der Waals surface area contributed by atoms with E-state index >= 15 is 0 Å². The fourth-order valence-electron chi connectivity index (χ4n) is 2.18. The normalized spacial score (nSPS) is 11.2. The highest BCUT2D eigenvalue weighted by Crippen LogP contribution is 2.15. The van der Waals surface area contributed by atoms with Crippen LogP contribution in [-0.4, -0.2) is 20.1 Å². The van der Waals surface area contributed by atoms with Gasteiger partial charge in [0.05, 0.1) is 11.5 Å². The Morgan fingerprint density at radius 1 is 1.12 bits per heavy atom. The second-order valence-corrected chi connectivity index (χ2v) is 8.13. The number of benzene rings is 2. The summed E-state index contributed by atoms with van der Waals surface area (Å²) in [7, 11) is -3.55. The van der Waals surface area contributed by atoms with Crippen LogP contribution < -0.4 is 10.5 Å². The first kappa shape index (κ1) is 18.5. The van der Waals surface area contributed by atoms with Crippen LogP contribution in [-0.2, 0) is 26.3 Å². The zero-order chi connectivity index (χ0) is 17.6. The molecular weight excluding hydrogens is 344 g/mol. The standard InChI is InChI=1S/C17H20N2O3S2/c1-13-3-2-4-15(9-13)10-23-11-17(20)19-16-7-5-14(6-8-16)12-24(18,21)22/h2-9H,10-12H2,1H3,(H,19,20)(H2,18,21,22). The molecular formula is C17H20N2O3S2. The third kappa shape index (κ3) is 6.74. The lowest BCUT2D eigenvalue weighted by Gasteiger charge is -2.07. The summed E-state index contributed by atoms with van der Waals surface area (Å²) in [6.45, 7) is 2.04. The monoisotopic (exact) mass is 364 g/mol. The number of nitrogens with one attached hydrogen (secondary N) is 1. The second kappa shape index (κ2) is 8.32. The summed E-state index contributed by atoms with van der Waals surface area (Å²) in [6.07, 6.45) is 0. The van der Waals surface area contributed by atoms with Gasteiger partial charge in [0.15, 0.2) is 0 Å². The van der Waals surface area contributed by atoms with Gasteiger partial charge in [-0.15, -0.1) is 11.8 Å². The first-order chi connectivity index (χ1) is 11.3. The maximum absolute atomic E-state index is 11.9. The SMILES string of the molecule is Cc1cccc(CSCC(=O)Nc2ccc(CS(N)(=O)=O)cc2)c1. The van der Waals surface area contributed by atoms with E-state index in [1.165, 1.54) is 11.1 Å². The van der Waals surface area contributed by atoms with E-state index in [9.17, 15) is 13.2 Å². The van der Waals surface area contributed by atoms with E-state index in [2.05, 4.69) is 11.4 Å². The van der Waals surface area contributed by atoms with Crippen molar-refractivity contribution >= 4 is 33.4 Å². The molecule has 5 nitrogen and oxygen atoms in total. The number of hydrogen-bond acceptors (Lipinski definition) is 4. The molecule has 0 unspecified atom stereocenters. The highest BCUT2D eigenvalue weighted by atomic mass is 32.2. The number of nitrogens with two attached hydrogens (primary N) is 1. The quantitative estimate of drug-likeness (QED) is 0.790. The van der Waals surface area contributed by atoms with Gasteiger partial charge in [0, 0.05) is 11.4 Å². The molecule has 0 aromatic heterocycles. The Morgan fingerprint density at radius 3 is 2.46 bits per heavy atom. The number of thioether (sulfide) groups is 1. The molecule has 0 bridgehead atoms. The highest BCUT2D eigenvalue weighted by Gasteiger charge is 2.06. The predicted molar refractivity (Wildman–Crippen MR) is 99.2 cm³/mol. The van der Waals surface area contributed by atoms with Crippen LogP contribution in [0.25, 0.3) is 0 Å². The Morgan fingerprint density at radius 2 is 1.83 bits per heavy atom. The van der Waals surface area contributed by atoms with Crippen LogP contribution in [0.15, 0.2) is 48.5 Å². The summed E-state index contributed by atoms with van der Waals surface area (Å²) in [5, 5.41) is 7.79. The van der Waals surface area contributed by atoms with E-state index in [1.54, 1.807) is 36.0 Å². The van der Waals surface area contributed by atoms with Crippen LogP contribution in [0.3, 0.4) is 0 Å². The third-order valence-electron chi connectivity index (χ3n) is 3.19. The Hall–Kier alpha value is -1.83. The Balaban J connectivity index is 1.79. The second-order valence-electron chi connectivity index (χ2n) is 5.53. The molecule has 7 heteroatoms. The average Bonchev–Trinajstić information content (AvgIpc) is 2.48. The molecule has 0 radical (unpaired) electrons.